The highest BCUT2D eigenvalue weighted by Crippen LogP contribution is 2.67. The fraction of sp³-hybridized carbons (Fsp3) is 0.906. The number of nitrogens with one attached hydrogen (secondary N) is 1. The molecule has 4 heteroatoms. The molecule has 2 N–H and O–H groups in total. The maximum atomic E-state index is 11.2. The second-order valence-corrected chi connectivity index (χ2v) is 14.5. The second kappa shape index (κ2) is 11.0. The Bertz CT molecular complexity index is 806. The average molecular weight is 501 g/mol. The van der Waals surface area contributed by atoms with Gasteiger partial charge in [0.1, 0.15) is 0 Å². The van der Waals surface area contributed by atoms with Crippen LogP contribution in [0.15, 0.2) is 11.6 Å². The third-order valence-electron chi connectivity index (χ3n) is 12.0. The summed E-state index contributed by atoms with van der Waals surface area (Å²) in [5, 5.41) is 11.8. The van der Waals surface area contributed by atoms with E-state index < -0.39 is 6.09 Å². The van der Waals surface area contributed by atoms with Crippen LogP contribution in [0.1, 0.15) is 105 Å². The van der Waals surface area contributed by atoms with Gasteiger partial charge >= 0.3 is 6.09 Å². The Balaban J connectivity index is 1.46. The summed E-state index contributed by atoms with van der Waals surface area (Å²) in [6.07, 6.45) is 16.7. The topological polar surface area (TPSA) is 52.6 Å². The van der Waals surface area contributed by atoms with Gasteiger partial charge in [-0.25, -0.2) is 4.79 Å². The fourth-order valence-corrected chi connectivity index (χ4v) is 10.0. The Morgan fingerprint density at radius 2 is 1.83 bits per heavy atom. The zero-order valence-corrected chi connectivity index (χ0v) is 24.5. The molecule has 4 nitrogen and oxygen atoms in total. The van der Waals surface area contributed by atoms with Crippen LogP contribution in [0, 0.1) is 52.3 Å². The first-order valence-corrected chi connectivity index (χ1v) is 15.3. The number of likely N-dealkylation sites (N-methyl/N-ethyl adjacent to an activating group) is 1. The molecule has 9 atom stereocenters. The van der Waals surface area contributed by atoms with Crippen LogP contribution in [0.4, 0.5) is 4.79 Å². The van der Waals surface area contributed by atoms with E-state index in [0.717, 1.165) is 41.9 Å². The van der Waals surface area contributed by atoms with Gasteiger partial charge in [-0.15, -0.1) is 0 Å². The van der Waals surface area contributed by atoms with Crippen molar-refractivity contribution in [3.63, 3.8) is 0 Å². The van der Waals surface area contributed by atoms with Gasteiger partial charge in [-0.3, -0.25) is 0 Å². The Labute approximate surface area is 222 Å². The van der Waals surface area contributed by atoms with Gasteiger partial charge in [-0.05, 0) is 118 Å². The molecule has 3 fully saturated rings. The molecule has 4 rings (SSSR count). The van der Waals surface area contributed by atoms with Crippen LogP contribution >= 0.6 is 0 Å². The van der Waals surface area contributed by atoms with Crippen molar-refractivity contribution in [1.82, 2.24) is 10.2 Å². The lowest BCUT2D eigenvalue weighted by Gasteiger charge is -2.59. The molecule has 0 bridgehead atoms. The van der Waals surface area contributed by atoms with Crippen molar-refractivity contribution in [3.8, 4) is 0 Å². The van der Waals surface area contributed by atoms with E-state index in [1.807, 2.05) is 0 Å². The largest absolute Gasteiger partial charge is 0.465 e. The summed E-state index contributed by atoms with van der Waals surface area (Å²) < 4.78 is 0. The molecule has 0 aliphatic heterocycles. The molecule has 3 saturated carbocycles. The van der Waals surface area contributed by atoms with Crippen LogP contribution in [0.25, 0.3) is 0 Å². The molecule has 0 aromatic carbocycles. The van der Waals surface area contributed by atoms with E-state index >= 15 is 0 Å². The zero-order chi connectivity index (χ0) is 26.3. The molecule has 0 spiro atoms. The average Bonchev–Trinajstić information content (AvgIpc) is 3.15. The molecule has 0 aromatic heterocycles. The molecule has 0 aromatic rings. The highest BCUT2D eigenvalue weighted by atomic mass is 16.4. The highest BCUT2D eigenvalue weighted by molar-refractivity contribution is 5.64. The Morgan fingerprint density at radius 3 is 2.50 bits per heavy atom. The lowest BCUT2D eigenvalue weighted by Crippen LogP contribution is -2.52. The summed E-state index contributed by atoms with van der Waals surface area (Å²) in [5.41, 5.74) is 2.62. The van der Waals surface area contributed by atoms with Gasteiger partial charge in [-0.2, -0.15) is 0 Å². The lowest BCUT2D eigenvalue weighted by molar-refractivity contribution is -0.0547. The summed E-state index contributed by atoms with van der Waals surface area (Å²) in [6, 6.07) is 0.270. The number of nitrogens with zero attached hydrogens (tertiary/aromatic N) is 1. The number of hydrogen-bond acceptors (Lipinski definition) is 2. The van der Waals surface area contributed by atoms with Gasteiger partial charge in [-0.1, -0.05) is 65.5 Å². The standard InChI is InChI=1S/C32H56N2O2/c1-21(2)9-8-10-22(3)26-13-14-27-25-12-11-24-19-23(29(34(6)7)20-33-30(35)36)15-17-31(24,4)28(25)16-18-32(26,27)5/h11,21-23,25-29,33H,8-10,12-20H2,1-7H3,(H,35,36)/t22-,23+,25?,26-,27?,28?,29?,31+,32-/m1/s1. The summed E-state index contributed by atoms with van der Waals surface area (Å²) in [6.45, 7) is 13.1. The van der Waals surface area contributed by atoms with E-state index in [9.17, 15) is 9.90 Å². The van der Waals surface area contributed by atoms with Gasteiger partial charge in [0, 0.05) is 12.6 Å². The number of carbonyl (C=O) groups is 1. The van der Waals surface area contributed by atoms with Crippen molar-refractivity contribution in [3.05, 3.63) is 11.6 Å². The normalized spacial score (nSPS) is 39.7. The molecule has 4 unspecified atom stereocenters. The molecule has 206 valence electrons. The third-order valence-corrected chi connectivity index (χ3v) is 12.0. The van der Waals surface area contributed by atoms with Gasteiger partial charge in [0.15, 0.2) is 0 Å². The lowest BCUT2D eigenvalue weighted by atomic mass is 9.46. The number of rotatable bonds is 9. The molecule has 4 aliphatic carbocycles. The highest BCUT2D eigenvalue weighted by Gasteiger charge is 2.59. The molecule has 36 heavy (non-hydrogen) atoms. The van der Waals surface area contributed by atoms with Crippen molar-refractivity contribution in [2.75, 3.05) is 20.6 Å². The number of hydrogen-bond donors (Lipinski definition) is 2. The van der Waals surface area contributed by atoms with Gasteiger partial charge < -0.3 is 15.3 Å². The number of allylic oxidation sites excluding steroid dienone is 2. The summed E-state index contributed by atoms with van der Waals surface area (Å²) in [5.74, 6) is 5.81. The van der Waals surface area contributed by atoms with Crippen molar-refractivity contribution in [2.45, 2.75) is 111 Å². The maximum absolute atomic E-state index is 11.2. The van der Waals surface area contributed by atoms with E-state index in [2.05, 4.69) is 65.0 Å². The van der Waals surface area contributed by atoms with Crippen LogP contribution in [-0.4, -0.2) is 42.8 Å². The first-order chi connectivity index (χ1) is 17.0. The first-order valence-electron chi connectivity index (χ1n) is 15.3. The van der Waals surface area contributed by atoms with E-state index in [1.165, 1.54) is 64.2 Å². The predicted molar refractivity (Wildman–Crippen MR) is 150 cm³/mol. The van der Waals surface area contributed by atoms with E-state index in [-0.39, 0.29) is 6.04 Å². The number of amides is 1. The minimum Gasteiger partial charge on any atom is -0.465 e. The van der Waals surface area contributed by atoms with Gasteiger partial charge in [0.2, 0.25) is 0 Å². The van der Waals surface area contributed by atoms with Crippen LogP contribution in [0.5, 0.6) is 0 Å². The van der Waals surface area contributed by atoms with Crippen molar-refractivity contribution >= 4 is 6.09 Å². The number of fused-ring (bicyclic) bond motifs is 5. The van der Waals surface area contributed by atoms with Crippen molar-refractivity contribution in [2.24, 2.45) is 52.3 Å². The SMILES string of the molecule is CC(C)CCC[C@@H](C)[C@H]1CCC2C3CC=C4C[C@@H](C(CNC(=O)O)N(C)C)CC[C@]4(C)C3CC[C@@]21C. The van der Waals surface area contributed by atoms with Crippen LogP contribution in [-0.2, 0) is 0 Å². The van der Waals surface area contributed by atoms with Crippen LogP contribution in [0.2, 0.25) is 0 Å². The molecular weight excluding hydrogens is 444 g/mol. The molecule has 0 radical (unpaired) electrons. The summed E-state index contributed by atoms with van der Waals surface area (Å²) in [4.78, 5) is 13.4. The first kappa shape index (κ1) is 28.0. The Morgan fingerprint density at radius 1 is 1.08 bits per heavy atom. The quantitative estimate of drug-likeness (QED) is 0.317. The van der Waals surface area contributed by atoms with E-state index in [4.69, 9.17) is 0 Å². The molecule has 0 saturated heterocycles. The number of carboxylic acid groups (broad SMARTS) is 1. The maximum Gasteiger partial charge on any atom is 0.404 e. The van der Waals surface area contributed by atoms with Crippen molar-refractivity contribution < 1.29 is 9.90 Å². The van der Waals surface area contributed by atoms with E-state index in [1.54, 1.807) is 5.57 Å². The van der Waals surface area contributed by atoms with Crippen LogP contribution in [0.3, 0.4) is 0 Å². The second-order valence-electron chi connectivity index (χ2n) is 14.5. The Kier molecular flexibility index (Phi) is 8.54. The smallest absolute Gasteiger partial charge is 0.404 e. The third kappa shape index (κ3) is 5.27. The molecular formula is C32H56N2O2. The predicted octanol–water partition coefficient (Wildman–Crippen LogP) is 7.84. The molecule has 1 amide bonds. The Hall–Kier alpha value is -1.03. The van der Waals surface area contributed by atoms with Gasteiger partial charge in [0.05, 0.1) is 0 Å². The van der Waals surface area contributed by atoms with Gasteiger partial charge in [0.25, 0.3) is 0 Å². The summed E-state index contributed by atoms with van der Waals surface area (Å²) in [7, 11) is 4.21. The van der Waals surface area contributed by atoms with E-state index in [0.29, 0.717) is 23.3 Å². The summed E-state index contributed by atoms with van der Waals surface area (Å²) >= 11 is 0. The fourth-order valence-electron chi connectivity index (χ4n) is 10.0. The minimum absolute atomic E-state index is 0.270. The minimum atomic E-state index is -0.906. The van der Waals surface area contributed by atoms with Crippen LogP contribution < -0.4 is 5.32 Å². The molecule has 0 heterocycles. The van der Waals surface area contributed by atoms with Crippen molar-refractivity contribution in [1.29, 1.82) is 0 Å². The monoisotopic (exact) mass is 500 g/mol. The zero-order valence-electron chi connectivity index (χ0n) is 24.5. The molecule has 4 aliphatic rings.